The number of carbonyl (C=O) groups excluding carboxylic acids is 1. The Morgan fingerprint density at radius 2 is 2.23 bits per heavy atom. The molecule has 158 valence electrons. The van der Waals surface area contributed by atoms with E-state index >= 15 is 0 Å². The predicted molar refractivity (Wildman–Crippen MR) is 111 cm³/mol. The van der Waals surface area contributed by atoms with Crippen molar-refractivity contribution < 1.29 is 14.3 Å². The Kier molecular flexibility index (Phi) is 5.81. The smallest absolute Gasteiger partial charge is 0.258 e. The van der Waals surface area contributed by atoms with E-state index in [0.29, 0.717) is 23.1 Å². The van der Waals surface area contributed by atoms with Crippen LogP contribution in [0.5, 0.6) is 11.5 Å². The van der Waals surface area contributed by atoms with E-state index in [4.69, 9.17) is 15.0 Å². The number of H-pyrrole nitrogens is 1. The number of ether oxygens (including phenoxy) is 2. The summed E-state index contributed by atoms with van der Waals surface area (Å²) in [4.78, 5) is 18.4. The van der Waals surface area contributed by atoms with Crippen LogP contribution in [0, 0.1) is 0 Å². The Bertz CT molecular complexity index is 963. The molecule has 9 heteroatoms. The van der Waals surface area contributed by atoms with Crippen LogP contribution >= 0.6 is 0 Å². The van der Waals surface area contributed by atoms with E-state index < -0.39 is 0 Å². The summed E-state index contributed by atoms with van der Waals surface area (Å²) in [6, 6.07) is 5.71. The summed E-state index contributed by atoms with van der Waals surface area (Å²) in [7, 11) is 1.55. The zero-order valence-electron chi connectivity index (χ0n) is 17.2. The van der Waals surface area contributed by atoms with Gasteiger partial charge in [-0.25, -0.2) is 0 Å². The van der Waals surface area contributed by atoms with E-state index in [1.54, 1.807) is 25.3 Å². The molecule has 2 aliphatic carbocycles. The van der Waals surface area contributed by atoms with Gasteiger partial charge in [-0.15, -0.1) is 0 Å². The molecule has 2 aromatic rings. The van der Waals surface area contributed by atoms with E-state index in [0.717, 1.165) is 32.1 Å². The standard InChI is InChI=1S/C21H26N6O3/c1-13(11-24-26-22)30-17-6-7-18(20(10-17)29-2)21(28)27(15-3-4-15)16-5-8-19-14(9-16)12-23-25-19/h6-7,10,12-13,15-16H,3-5,8-9,11H2,1-2H3,(H,23,25). The number of azide groups is 1. The first-order valence-corrected chi connectivity index (χ1v) is 10.3. The van der Waals surface area contributed by atoms with Gasteiger partial charge in [0.15, 0.2) is 0 Å². The van der Waals surface area contributed by atoms with Crippen molar-refractivity contribution in [2.45, 2.75) is 57.2 Å². The number of amides is 1. The monoisotopic (exact) mass is 410 g/mol. The topological polar surface area (TPSA) is 116 Å². The lowest BCUT2D eigenvalue weighted by Gasteiger charge is -2.34. The van der Waals surface area contributed by atoms with Crippen molar-refractivity contribution in [3.8, 4) is 11.5 Å². The second-order valence-electron chi connectivity index (χ2n) is 7.92. The molecule has 1 N–H and O–H groups in total. The van der Waals surface area contributed by atoms with E-state index in [-0.39, 0.29) is 24.6 Å². The van der Waals surface area contributed by atoms with Gasteiger partial charge in [0, 0.05) is 28.8 Å². The van der Waals surface area contributed by atoms with Crippen LogP contribution in [-0.2, 0) is 12.8 Å². The van der Waals surface area contributed by atoms with Gasteiger partial charge >= 0.3 is 0 Å². The molecule has 0 spiro atoms. The van der Waals surface area contributed by atoms with Crippen molar-refractivity contribution in [1.82, 2.24) is 15.1 Å². The molecular weight excluding hydrogens is 384 g/mol. The number of carbonyl (C=O) groups is 1. The van der Waals surface area contributed by atoms with Crippen LogP contribution < -0.4 is 9.47 Å². The molecule has 9 nitrogen and oxygen atoms in total. The molecular formula is C21H26N6O3. The van der Waals surface area contributed by atoms with Gasteiger partial charge in [-0.05, 0) is 62.3 Å². The second kappa shape index (κ2) is 8.67. The maximum absolute atomic E-state index is 13.6. The average Bonchev–Trinajstić information content (AvgIpc) is 3.47. The first kappa shape index (κ1) is 20.1. The lowest BCUT2D eigenvalue weighted by molar-refractivity contribution is 0.0639. The Balaban J connectivity index is 1.54. The lowest BCUT2D eigenvalue weighted by Crippen LogP contribution is -2.45. The highest BCUT2D eigenvalue weighted by molar-refractivity contribution is 5.97. The number of fused-ring (bicyclic) bond motifs is 1. The summed E-state index contributed by atoms with van der Waals surface area (Å²) in [5, 5.41) is 10.7. The van der Waals surface area contributed by atoms with Crippen LogP contribution in [0.3, 0.4) is 0 Å². The first-order chi connectivity index (χ1) is 14.6. The Labute approximate surface area is 175 Å². The number of hydrogen-bond acceptors (Lipinski definition) is 5. The van der Waals surface area contributed by atoms with Gasteiger partial charge in [0.1, 0.15) is 17.6 Å². The highest BCUT2D eigenvalue weighted by Crippen LogP contribution is 2.36. The molecule has 0 aliphatic heterocycles. The molecule has 1 saturated carbocycles. The number of benzene rings is 1. The summed E-state index contributed by atoms with van der Waals surface area (Å²) >= 11 is 0. The van der Waals surface area contributed by atoms with E-state index in [1.165, 1.54) is 11.3 Å². The fraction of sp³-hybridized carbons (Fsp3) is 0.524. The summed E-state index contributed by atoms with van der Waals surface area (Å²) < 4.78 is 11.3. The zero-order valence-corrected chi connectivity index (χ0v) is 17.2. The highest BCUT2D eigenvalue weighted by Gasteiger charge is 2.40. The maximum Gasteiger partial charge on any atom is 0.258 e. The van der Waals surface area contributed by atoms with Crippen LogP contribution in [-0.4, -0.2) is 52.8 Å². The van der Waals surface area contributed by atoms with E-state index in [1.807, 2.05) is 13.1 Å². The number of methoxy groups -OCH3 is 1. The molecule has 1 aromatic heterocycles. The third-order valence-corrected chi connectivity index (χ3v) is 5.70. The molecule has 2 atom stereocenters. The van der Waals surface area contributed by atoms with Crippen LogP contribution in [0.4, 0.5) is 0 Å². The van der Waals surface area contributed by atoms with Gasteiger partial charge in [0.2, 0.25) is 0 Å². The van der Waals surface area contributed by atoms with Crippen molar-refractivity contribution in [3.63, 3.8) is 0 Å². The fourth-order valence-corrected chi connectivity index (χ4v) is 4.10. The van der Waals surface area contributed by atoms with Crippen molar-refractivity contribution in [3.05, 3.63) is 51.7 Å². The Morgan fingerprint density at radius 3 is 2.97 bits per heavy atom. The number of nitrogens with one attached hydrogen (secondary N) is 1. The third-order valence-electron chi connectivity index (χ3n) is 5.70. The van der Waals surface area contributed by atoms with Crippen LogP contribution in [0.15, 0.2) is 29.5 Å². The minimum absolute atomic E-state index is 0.0000242. The predicted octanol–water partition coefficient (Wildman–Crippen LogP) is 3.66. The normalized spacial score (nSPS) is 18.7. The van der Waals surface area contributed by atoms with Gasteiger partial charge in [-0.3, -0.25) is 9.89 Å². The molecule has 2 aliphatic rings. The quantitative estimate of drug-likeness (QED) is 0.406. The molecule has 4 rings (SSSR count). The summed E-state index contributed by atoms with van der Waals surface area (Å²) in [5.41, 5.74) is 11.4. The van der Waals surface area contributed by atoms with Crippen LogP contribution in [0.1, 0.15) is 47.8 Å². The van der Waals surface area contributed by atoms with Crippen molar-refractivity contribution in [1.29, 1.82) is 0 Å². The fourth-order valence-electron chi connectivity index (χ4n) is 4.10. The Hall–Kier alpha value is -3.19. The highest BCUT2D eigenvalue weighted by atomic mass is 16.5. The molecule has 30 heavy (non-hydrogen) atoms. The number of rotatable bonds is 8. The van der Waals surface area contributed by atoms with Gasteiger partial charge in [-0.2, -0.15) is 5.10 Å². The van der Waals surface area contributed by atoms with E-state index in [2.05, 4.69) is 25.1 Å². The van der Waals surface area contributed by atoms with E-state index in [9.17, 15) is 4.79 Å². The number of aryl methyl sites for hydroxylation is 1. The number of hydrogen-bond donors (Lipinski definition) is 1. The molecule has 0 bridgehead atoms. The van der Waals surface area contributed by atoms with Crippen molar-refractivity contribution in [2.75, 3.05) is 13.7 Å². The number of aromatic amines is 1. The minimum Gasteiger partial charge on any atom is -0.496 e. The largest absolute Gasteiger partial charge is 0.496 e. The zero-order chi connectivity index (χ0) is 21.1. The van der Waals surface area contributed by atoms with Crippen LogP contribution in [0.25, 0.3) is 10.4 Å². The molecule has 0 saturated heterocycles. The summed E-state index contributed by atoms with van der Waals surface area (Å²) in [5.74, 6) is 1.06. The lowest BCUT2D eigenvalue weighted by atomic mass is 9.91. The summed E-state index contributed by atoms with van der Waals surface area (Å²) in [6.45, 7) is 2.05. The van der Waals surface area contributed by atoms with Gasteiger partial charge in [0.25, 0.3) is 5.91 Å². The molecule has 1 fully saturated rings. The summed E-state index contributed by atoms with van der Waals surface area (Å²) in [6.07, 6.45) is 6.35. The van der Waals surface area contributed by atoms with Gasteiger partial charge in [-0.1, -0.05) is 5.11 Å². The number of aromatic nitrogens is 2. The Morgan fingerprint density at radius 1 is 1.40 bits per heavy atom. The minimum atomic E-state index is -0.276. The third kappa shape index (κ3) is 4.21. The maximum atomic E-state index is 13.6. The molecule has 1 heterocycles. The van der Waals surface area contributed by atoms with Gasteiger partial charge < -0.3 is 14.4 Å². The average molecular weight is 410 g/mol. The molecule has 0 radical (unpaired) electrons. The van der Waals surface area contributed by atoms with Crippen LogP contribution in [0.2, 0.25) is 0 Å². The van der Waals surface area contributed by atoms with Crippen molar-refractivity contribution >= 4 is 5.91 Å². The first-order valence-electron chi connectivity index (χ1n) is 10.3. The molecule has 2 unspecified atom stereocenters. The van der Waals surface area contributed by atoms with Gasteiger partial charge in [0.05, 0.1) is 25.4 Å². The SMILES string of the molecule is COc1cc(OC(C)CN=[N+]=[N-])ccc1C(=O)N(C1CC1)C1CCc2[nH]ncc2C1. The molecule has 1 amide bonds. The van der Waals surface area contributed by atoms with Crippen molar-refractivity contribution in [2.24, 2.45) is 5.11 Å². The number of nitrogens with zero attached hydrogens (tertiary/aromatic N) is 5. The molecule has 1 aromatic carbocycles. The second-order valence-corrected chi connectivity index (χ2v) is 7.92.